The Balaban J connectivity index is 0.00000261. The van der Waals surface area contributed by atoms with Crippen molar-refractivity contribution in [1.29, 1.82) is 0 Å². The van der Waals surface area contributed by atoms with Crippen molar-refractivity contribution in [3.05, 3.63) is 75.7 Å². The normalized spacial score (nSPS) is 11.1. The van der Waals surface area contributed by atoms with Crippen LogP contribution >= 0.6 is 35.3 Å². The fourth-order valence-corrected chi connectivity index (χ4v) is 3.50. The van der Waals surface area contributed by atoms with Crippen molar-refractivity contribution in [2.45, 2.75) is 33.5 Å². The molecule has 2 heterocycles. The summed E-state index contributed by atoms with van der Waals surface area (Å²) in [5.41, 5.74) is 2.42. The van der Waals surface area contributed by atoms with E-state index in [1.54, 1.807) is 6.20 Å². The first-order valence-corrected chi connectivity index (χ1v) is 9.67. The van der Waals surface area contributed by atoms with E-state index in [1.807, 2.05) is 28.3 Å². The van der Waals surface area contributed by atoms with E-state index >= 15 is 0 Å². The Morgan fingerprint density at radius 2 is 2.00 bits per heavy atom. The van der Waals surface area contributed by atoms with E-state index in [-0.39, 0.29) is 24.0 Å². The third-order valence-corrected chi connectivity index (χ3v) is 4.89. The Kier molecular flexibility index (Phi) is 8.80. The van der Waals surface area contributed by atoms with Crippen LogP contribution in [0, 0.1) is 6.92 Å². The van der Waals surface area contributed by atoms with Crippen LogP contribution in [0.5, 0.6) is 0 Å². The molecule has 1 aromatic carbocycles. The lowest BCUT2D eigenvalue weighted by molar-refractivity contribution is 0.686. The van der Waals surface area contributed by atoms with Crippen LogP contribution in [0.1, 0.15) is 27.8 Å². The number of guanidine groups is 1. The maximum absolute atomic E-state index is 4.72. The molecule has 3 rings (SSSR count). The van der Waals surface area contributed by atoms with Crippen LogP contribution in [0.4, 0.5) is 0 Å². The summed E-state index contributed by atoms with van der Waals surface area (Å²) in [6.45, 7) is 7.27. The topological polar surface area (TPSA) is 54.2 Å². The molecule has 27 heavy (non-hydrogen) atoms. The molecule has 0 saturated carbocycles. The van der Waals surface area contributed by atoms with Crippen molar-refractivity contribution in [1.82, 2.24) is 20.4 Å². The molecule has 2 aromatic heterocycles. The van der Waals surface area contributed by atoms with Gasteiger partial charge in [0.15, 0.2) is 5.96 Å². The molecule has 0 spiro atoms. The fourth-order valence-electron chi connectivity index (χ4n) is 2.67. The molecule has 144 valence electrons. The molecular weight excluding hydrogens is 469 g/mol. The molecule has 5 nitrogen and oxygen atoms in total. The molecule has 0 saturated heterocycles. The number of aryl methyl sites for hydroxylation is 1. The second kappa shape index (κ2) is 11.1. The predicted octanol–water partition coefficient (Wildman–Crippen LogP) is 4.17. The minimum atomic E-state index is 0. The zero-order chi connectivity index (χ0) is 18.2. The van der Waals surface area contributed by atoms with Gasteiger partial charge in [-0.1, -0.05) is 24.3 Å². The third kappa shape index (κ3) is 6.99. The van der Waals surface area contributed by atoms with E-state index in [4.69, 9.17) is 4.99 Å². The van der Waals surface area contributed by atoms with Gasteiger partial charge in [-0.15, -0.1) is 35.3 Å². The van der Waals surface area contributed by atoms with Gasteiger partial charge in [0, 0.05) is 28.7 Å². The van der Waals surface area contributed by atoms with E-state index in [0.29, 0.717) is 6.54 Å². The van der Waals surface area contributed by atoms with Crippen molar-refractivity contribution in [2.75, 3.05) is 6.54 Å². The van der Waals surface area contributed by atoms with E-state index in [0.717, 1.165) is 25.6 Å². The van der Waals surface area contributed by atoms with Gasteiger partial charge in [0.1, 0.15) is 0 Å². The molecule has 3 aromatic rings. The molecule has 0 atom stereocenters. The van der Waals surface area contributed by atoms with Gasteiger partial charge in [0.05, 0.1) is 19.6 Å². The summed E-state index contributed by atoms with van der Waals surface area (Å²) in [6.07, 6.45) is 3.78. The number of hydrogen-bond acceptors (Lipinski definition) is 3. The molecule has 0 amide bonds. The number of thiophene rings is 1. The van der Waals surface area contributed by atoms with Crippen molar-refractivity contribution in [3.63, 3.8) is 0 Å². The van der Waals surface area contributed by atoms with Gasteiger partial charge < -0.3 is 10.6 Å². The summed E-state index contributed by atoms with van der Waals surface area (Å²) in [4.78, 5) is 7.37. The Hall–Kier alpha value is -1.87. The molecular formula is C20H26IN5S. The van der Waals surface area contributed by atoms with E-state index in [2.05, 4.69) is 66.0 Å². The van der Waals surface area contributed by atoms with Crippen molar-refractivity contribution >= 4 is 41.3 Å². The van der Waals surface area contributed by atoms with Crippen molar-refractivity contribution < 1.29 is 0 Å². The van der Waals surface area contributed by atoms with Crippen LogP contribution in [0.15, 0.2) is 59.9 Å². The Bertz CT molecular complexity index is 842. The van der Waals surface area contributed by atoms with Crippen LogP contribution < -0.4 is 10.6 Å². The molecule has 2 N–H and O–H groups in total. The number of nitrogens with one attached hydrogen (secondary N) is 2. The van der Waals surface area contributed by atoms with Crippen LogP contribution in [0.2, 0.25) is 0 Å². The SMILES string of the molecule is CCNC(=NCc1cccc(Cn2cccn2)c1)NCc1ccc(C)s1.I. The second-order valence-electron chi connectivity index (χ2n) is 6.08. The van der Waals surface area contributed by atoms with Gasteiger partial charge in [-0.2, -0.15) is 5.10 Å². The van der Waals surface area contributed by atoms with Crippen LogP contribution in [-0.4, -0.2) is 22.3 Å². The van der Waals surface area contributed by atoms with E-state index < -0.39 is 0 Å². The molecule has 0 aliphatic rings. The van der Waals surface area contributed by atoms with Gasteiger partial charge in [0.2, 0.25) is 0 Å². The monoisotopic (exact) mass is 495 g/mol. The van der Waals surface area contributed by atoms with E-state index in [9.17, 15) is 0 Å². The quantitative estimate of drug-likeness (QED) is 0.294. The van der Waals surface area contributed by atoms with Gasteiger partial charge >= 0.3 is 0 Å². The summed E-state index contributed by atoms with van der Waals surface area (Å²) >= 11 is 1.81. The molecule has 0 fully saturated rings. The third-order valence-electron chi connectivity index (χ3n) is 3.89. The second-order valence-corrected chi connectivity index (χ2v) is 7.46. The van der Waals surface area contributed by atoms with Gasteiger partial charge in [-0.3, -0.25) is 4.68 Å². The standard InChI is InChI=1S/C20H25N5S.HI/c1-3-21-20(23-14-19-9-8-16(2)26-19)22-13-17-6-4-7-18(12-17)15-25-11-5-10-24-25;/h4-12H,3,13-15H2,1-2H3,(H2,21,22,23);1H. The summed E-state index contributed by atoms with van der Waals surface area (Å²) < 4.78 is 1.93. The molecule has 7 heteroatoms. The minimum absolute atomic E-state index is 0. The van der Waals surface area contributed by atoms with Crippen LogP contribution in [0.3, 0.4) is 0 Å². The van der Waals surface area contributed by atoms with Gasteiger partial charge in [-0.05, 0) is 43.2 Å². The Morgan fingerprint density at radius 3 is 2.70 bits per heavy atom. The largest absolute Gasteiger partial charge is 0.357 e. The highest BCUT2D eigenvalue weighted by atomic mass is 127. The number of aliphatic imine (C=N–C) groups is 1. The lowest BCUT2D eigenvalue weighted by atomic mass is 10.1. The van der Waals surface area contributed by atoms with Crippen molar-refractivity contribution in [3.8, 4) is 0 Å². The molecule has 0 bridgehead atoms. The highest BCUT2D eigenvalue weighted by Crippen LogP contribution is 2.14. The molecule has 0 aliphatic carbocycles. The number of halogens is 1. The summed E-state index contributed by atoms with van der Waals surface area (Å²) in [5.74, 6) is 0.844. The fraction of sp³-hybridized carbons (Fsp3) is 0.300. The highest BCUT2D eigenvalue weighted by molar-refractivity contribution is 14.0. The molecule has 0 aliphatic heterocycles. The maximum Gasteiger partial charge on any atom is 0.191 e. The first kappa shape index (κ1) is 21.4. The first-order chi connectivity index (χ1) is 12.7. The number of nitrogens with zero attached hydrogens (tertiary/aromatic N) is 3. The summed E-state index contributed by atoms with van der Waals surface area (Å²) in [5, 5.41) is 11.0. The highest BCUT2D eigenvalue weighted by Gasteiger charge is 2.02. The lowest BCUT2D eigenvalue weighted by Gasteiger charge is -2.11. The summed E-state index contributed by atoms with van der Waals surface area (Å²) in [6, 6.07) is 14.8. The van der Waals surface area contributed by atoms with Crippen molar-refractivity contribution in [2.24, 2.45) is 4.99 Å². The zero-order valence-corrected chi connectivity index (χ0v) is 18.8. The van der Waals surface area contributed by atoms with Crippen LogP contribution in [-0.2, 0) is 19.6 Å². The average Bonchev–Trinajstić information content (AvgIpc) is 3.29. The number of benzene rings is 1. The number of aromatic nitrogens is 2. The first-order valence-electron chi connectivity index (χ1n) is 8.85. The number of hydrogen-bond donors (Lipinski definition) is 2. The number of rotatable bonds is 7. The smallest absolute Gasteiger partial charge is 0.191 e. The zero-order valence-electron chi connectivity index (χ0n) is 15.7. The predicted molar refractivity (Wildman–Crippen MR) is 124 cm³/mol. The van der Waals surface area contributed by atoms with Gasteiger partial charge in [0.25, 0.3) is 0 Å². The van der Waals surface area contributed by atoms with E-state index in [1.165, 1.54) is 20.9 Å². The lowest BCUT2D eigenvalue weighted by Crippen LogP contribution is -2.36. The average molecular weight is 495 g/mol. The minimum Gasteiger partial charge on any atom is -0.357 e. The summed E-state index contributed by atoms with van der Waals surface area (Å²) in [7, 11) is 0. The van der Waals surface area contributed by atoms with Gasteiger partial charge in [-0.25, -0.2) is 4.99 Å². The maximum atomic E-state index is 4.72. The Morgan fingerprint density at radius 1 is 1.15 bits per heavy atom. The van der Waals surface area contributed by atoms with Crippen LogP contribution in [0.25, 0.3) is 0 Å². The molecule has 0 radical (unpaired) electrons. The molecule has 0 unspecified atom stereocenters. The Labute approximate surface area is 181 Å².